The number of hydrogen-bond acceptors (Lipinski definition) is 5. The van der Waals surface area contributed by atoms with Crippen molar-refractivity contribution in [1.82, 2.24) is 10.2 Å². The first-order valence-electron chi connectivity index (χ1n) is 9.54. The molecule has 1 amide bonds. The van der Waals surface area contributed by atoms with E-state index in [0.717, 1.165) is 12.3 Å². The van der Waals surface area contributed by atoms with Crippen molar-refractivity contribution in [3.8, 4) is 0 Å². The van der Waals surface area contributed by atoms with Crippen LogP contribution in [0.3, 0.4) is 0 Å². The van der Waals surface area contributed by atoms with Gasteiger partial charge in [0, 0.05) is 32.4 Å². The molecule has 0 saturated carbocycles. The zero-order chi connectivity index (χ0) is 21.7. The van der Waals surface area contributed by atoms with E-state index >= 15 is 0 Å². The molecule has 1 unspecified atom stereocenters. The van der Waals surface area contributed by atoms with Crippen LogP contribution in [0.5, 0.6) is 0 Å². The fraction of sp³-hybridized carbons (Fsp3) is 0.381. The van der Waals surface area contributed by atoms with Crippen molar-refractivity contribution in [2.24, 2.45) is 0 Å². The summed E-state index contributed by atoms with van der Waals surface area (Å²) in [5.74, 6) is -1.93. The number of halogens is 2. The number of amides is 1. The SMILES string of the molecule is CS(=O)(=O)c1ccc(CC(=O)NCC2CN(Cc3ccc(F)c(F)c3)CCO2)cc1. The predicted octanol–water partition coefficient (Wildman–Crippen LogP) is 1.93. The summed E-state index contributed by atoms with van der Waals surface area (Å²) >= 11 is 0. The Morgan fingerprint density at radius 3 is 2.50 bits per heavy atom. The minimum Gasteiger partial charge on any atom is -0.374 e. The summed E-state index contributed by atoms with van der Waals surface area (Å²) in [6, 6.07) is 10.1. The molecule has 0 aromatic heterocycles. The van der Waals surface area contributed by atoms with E-state index in [-0.39, 0.29) is 23.3 Å². The third kappa shape index (κ3) is 6.32. The van der Waals surface area contributed by atoms with E-state index in [4.69, 9.17) is 4.74 Å². The quantitative estimate of drug-likeness (QED) is 0.715. The molecule has 0 spiro atoms. The van der Waals surface area contributed by atoms with Crippen molar-refractivity contribution in [2.75, 3.05) is 32.5 Å². The fourth-order valence-corrected chi connectivity index (χ4v) is 3.90. The Bertz CT molecular complexity index is 997. The second kappa shape index (κ2) is 9.63. The summed E-state index contributed by atoms with van der Waals surface area (Å²) in [6.07, 6.45) is 1.06. The third-order valence-electron chi connectivity index (χ3n) is 4.86. The molecular weight excluding hydrogens is 414 g/mol. The number of ether oxygens (including phenoxy) is 1. The van der Waals surface area contributed by atoms with E-state index in [2.05, 4.69) is 10.2 Å². The molecule has 1 heterocycles. The number of nitrogens with zero attached hydrogens (tertiary/aromatic N) is 1. The van der Waals surface area contributed by atoms with Crippen molar-refractivity contribution in [2.45, 2.75) is 24.0 Å². The second-order valence-electron chi connectivity index (χ2n) is 7.37. The molecule has 1 saturated heterocycles. The van der Waals surface area contributed by atoms with Crippen molar-refractivity contribution < 1.29 is 26.7 Å². The van der Waals surface area contributed by atoms with Gasteiger partial charge in [-0.05, 0) is 35.4 Å². The molecule has 0 aliphatic carbocycles. The summed E-state index contributed by atoms with van der Waals surface area (Å²) < 4.78 is 55.1. The number of benzene rings is 2. The number of nitrogens with one attached hydrogen (secondary N) is 1. The van der Waals surface area contributed by atoms with E-state index in [1.807, 2.05) is 0 Å². The van der Waals surface area contributed by atoms with Gasteiger partial charge < -0.3 is 10.1 Å². The van der Waals surface area contributed by atoms with Crippen LogP contribution in [0.15, 0.2) is 47.4 Å². The van der Waals surface area contributed by atoms with Gasteiger partial charge in [0.25, 0.3) is 0 Å². The molecule has 2 aromatic carbocycles. The van der Waals surface area contributed by atoms with Gasteiger partial charge in [-0.25, -0.2) is 17.2 Å². The zero-order valence-corrected chi connectivity index (χ0v) is 17.4. The van der Waals surface area contributed by atoms with Gasteiger partial charge in [0.1, 0.15) is 0 Å². The molecule has 3 rings (SSSR count). The smallest absolute Gasteiger partial charge is 0.224 e. The van der Waals surface area contributed by atoms with Crippen LogP contribution in [0.4, 0.5) is 8.78 Å². The predicted molar refractivity (Wildman–Crippen MR) is 108 cm³/mol. The van der Waals surface area contributed by atoms with Gasteiger partial charge in [-0.1, -0.05) is 18.2 Å². The standard InChI is InChI=1S/C21H24F2N2O4S/c1-30(27,28)18-5-2-15(3-6-18)11-21(26)24-12-17-14-25(8-9-29-17)13-16-4-7-19(22)20(23)10-16/h2-7,10,17H,8-9,11-14H2,1H3,(H,24,26). The maximum Gasteiger partial charge on any atom is 0.224 e. The number of morpholine rings is 1. The Morgan fingerprint density at radius 2 is 1.83 bits per heavy atom. The van der Waals surface area contributed by atoms with Gasteiger partial charge in [0.2, 0.25) is 5.91 Å². The molecule has 1 atom stereocenters. The van der Waals surface area contributed by atoms with Gasteiger partial charge in [-0.3, -0.25) is 9.69 Å². The molecule has 2 aromatic rings. The molecule has 0 radical (unpaired) electrons. The highest BCUT2D eigenvalue weighted by Crippen LogP contribution is 2.14. The number of carbonyl (C=O) groups is 1. The van der Waals surface area contributed by atoms with Gasteiger partial charge in [-0.2, -0.15) is 0 Å². The molecule has 1 aliphatic rings. The molecule has 1 fully saturated rings. The Kier molecular flexibility index (Phi) is 7.17. The summed E-state index contributed by atoms with van der Waals surface area (Å²) in [6.45, 7) is 2.50. The van der Waals surface area contributed by atoms with Crippen LogP contribution in [0.2, 0.25) is 0 Å². The number of carbonyl (C=O) groups excluding carboxylic acids is 1. The van der Waals surface area contributed by atoms with Gasteiger partial charge >= 0.3 is 0 Å². The average Bonchev–Trinajstić information content (AvgIpc) is 2.69. The van der Waals surface area contributed by atoms with Crippen molar-refractivity contribution >= 4 is 15.7 Å². The van der Waals surface area contributed by atoms with Crippen LogP contribution in [-0.2, 0) is 32.3 Å². The van der Waals surface area contributed by atoms with Crippen LogP contribution in [0.1, 0.15) is 11.1 Å². The molecule has 162 valence electrons. The van der Waals surface area contributed by atoms with Crippen molar-refractivity contribution in [3.63, 3.8) is 0 Å². The van der Waals surface area contributed by atoms with Gasteiger partial charge in [0.05, 0.1) is 24.0 Å². The molecule has 1 aliphatic heterocycles. The highest BCUT2D eigenvalue weighted by atomic mass is 32.2. The maximum absolute atomic E-state index is 13.4. The number of sulfone groups is 1. The topological polar surface area (TPSA) is 75.7 Å². The normalized spacial score (nSPS) is 17.6. The summed E-state index contributed by atoms with van der Waals surface area (Å²) in [5, 5.41) is 2.83. The molecule has 0 bridgehead atoms. The van der Waals surface area contributed by atoms with E-state index in [1.165, 1.54) is 18.2 Å². The van der Waals surface area contributed by atoms with Crippen LogP contribution >= 0.6 is 0 Å². The van der Waals surface area contributed by atoms with E-state index in [0.29, 0.717) is 43.9 Å². The zero-order valence-electron chi connectivity index (χ0n) is 16.6. The first kappa shape index (κ1) is 22.3. The Hall–Kier alpha value is -2.36. The minimum atomic E-state index is -3.27. The summed E-state index contributed by atoms with van der Waals surface area (Å²) in [5.41, 5.74) is 1.39. The van der Waals surface area contributed by atoms with Crippen LogP contribution in [0.25, 0.3) is 0 Å². The molecular formula is C21H24F2N2O4S. The monoisotopic (exact) mass is 438 g/mol. The third-order valence-corrected chi connectivity index (χ3v) is 5.98. The van der Waals surface area contributed by atoms with E-state index in [9.17, 15) is 22.0 Å². The van der Waals surface area contributed by atoms with Crippen LogP contribution in [0, 0.1) is 11.6 Å². The minimum absolute atomic E-state index is 0.134. The number of rotatable bonds is 7. The van der Waals surface area contributed by atoms with Gasteiger partial charge in [-0.15, -0.1) is 0 Å². The highest BCUT2D eigenvalue weighted by molar-refractivity contribution is 7.90. The van der Waals surface area contributed by atoms with Crippen LogP contribution in [-0.4, -0.2) is 57.8 Å². The first-order valence-corrected chi connectivity index (χ1v) is 11.4. The van der Waals surface area contributed by atoms with E-state index < -0.39 is 21.5 Å². The van der Waals surface area contributed by atoms with Gasteiger partial charge in [0.15, 0.2) is 21.5 Å². The molecule has 6 nitrogen and oxygen atoms in total. The summed E-state index contributed by atoms with van der Waals surface area (Å²) in [4.78, 5) is 14.5. The lowest BCUT2D eigenvalue weighted by atomic mass is 10.1. The molecule has 9 heteroatoms. The maximum atomic E-state index is 13.4. The second-order valence-corrected chi connectivity index (χ2v) is 9.39. The van der Waals surface area contributed by atoms with Crippen molar-refractivity contribution in [3.05, 3.63) is 65.2 Å². The summed E-state index contributed by atoms with van der Waals surface area (Å²) in [7, 11) is -3.27. The van der Waals surface area contributed by atoms with Crippen molar-refractivity contribution in [1.29, 1.82) is 0 Å². The average molecular weight is 438 g/mol. The Labute approximate surface area is 174 Å². The Morgan fingerprint density at radius 1 is 1.13 bits per heavy atom. The molecule has 30 heavy (non-hydrogen) atoms. The largest absolute Gasteiger partial charge is 0.374 e. The highest BCUT2D eigenvalue weighted by Gasteiger charge is 2.21. The van der Waals surface area contributed by atoms with Crippen LogP contribution < -0.4 is 5.32 Å². The lowest BCUT2D eigenvalue weighted by Crippen LogP contribution is -2.47. The lowest BCUT2D eigenvalue weighted by Gasteiger charge is -2.33. The van der Waals surface area contributed by atoms with E-state index in [1.54, 1.807) is 18.2 Å². The molecule has 1 N–H and O–H groups in total. The lowest BCUT2D eigenvalue weighted by molar-refractivity contribution is -0.121. The first-order chi connectivity index (χ1) is 14.2. The fourth-order valence-electron chi connectivity index (χ4n) is 3.27. The Balaban J connectivity index is 1.46. The number of hydrogen-bond donors (Lipinski definition) is 1.